The van der Waals surface area contributed by atoms with Crippen molar-refractivity contribution in [3.63, 3.8) is 0 Å². The third-order valence-electron chi connectivity index (χ3n) is 4.00. The molecule has 2 rings (SSSR count). The Hall–Kier alpha value is -2.48. The molecule has 0 saturated carbocycles. The van der Waals surface area contributed by atoms with Crippen molar-refractivity contribution in [1.82, 2.24) is 0 Å². The van der Waals surface area contributed by atoms with Gasteiger partial charge in [-0.2, -0.15) is 0 Å². The van der Waals surface area contributed by atoms with Gasteiger partial charge in [0.2, 0.25) is 0 Å². The number of hydrogen-bond donors (Lipinski definition) is 0. The fourth-order valence-electron chi connectivity index (χ4n) is 2.62. The Balaban J connectivity index is 0.000000260. The molecule has 0 fully saturated rings. The van der Waals surface area contributed by atoms with E-state index in [0.29, 0.717) is 6.42 Å². The Labute approximate surface area is 158 Å². The van der Waals surface area contributed by atoms with E-state index >= 15 is 0 Å². The SMILES string of the molecule is CCCc1ccc(C=CC=O)cc1.CCCc1ccc(CCC=O)cc1. The van der Waals surface area contributed by atoms with Gasteiger partial charge in [0.1, 0.15) is 12.6 Å². The summed E-state index contributed by atoms with van der Waals surface area (Å²) in [5.74, 6) is 0. The molecule has 0 atom stereocenters. The predicted molar refractivity (Wildman–Crippen MR) is 110 cm³/mol. The van der Waals surface area contributed by atoms with Crippen LogP contribution in [0.15, 0.2) is 54.6 Å². The highest BCUT2D eigenvalue weighted by Gasteiger charge is 1.93. The Morgan fingerprint density at radius 2 is 1.15 bits per heavy atom. The minimum Gasteiger partial charge on any atom is -0.303 e. The second-order valence-electron chi connectivity index (χ2n) is 6.26. The number of aryl methyl sites for hydroxylation is 3. The second-order valence-corrected chi connectivity index (χ2v) is 6.26. The van der Waals surface area contributed by atoms with Gasteiger partial charge < -0.3 is 4.79 Å². The van der Waals surface area contributed by atoms with E-state index in [9.17, 15) is 9.59 Å². The lowest BCUT2D eigenvalue weighted by atomic mass is 10.1. The van der Waals surface area contributed by atoms with Crippen LogP contribution in [0.4, 0.5) is 0 Å². The standard InChI is InChI=1S/C12H16O.C12H14O/c2*1-2-4-11-6-8-12(9-7-11)5-3-10-13/h6-10H,2-5H2,1H3;3,5-10H,2,4H2,1H3. The molecule has 0 radical (unpaired) electrons. The molecule has 138 valence electrons. The van der Waals surface area contributed by atoms with Crippen LogP contribution in [0.1, 0.15) is 55.4 Å². The largest absolute Gasteiger partial charge is 0.303 e. The zero-order valence-electron chi connectivity index (χ0n) is 16.0. The van der Waals surface area contributed by atoms with Crippen LogP contribution in [0.5, 0.6) is 0 Å². The lowest BCUT2D eigenvalue weighted by Crippen LogP contribution is -1.88. The number of aldehydes is 2. The fourth-order valence-corrected chi connectivity index (χ4v) is 2.62. The number of carbonyl (C=O) groups is 2. The molecule has 0 aliphatic heterocycles. The second kappa shape index (κ2) is 13.8. The topological polar surface area (TPSA) is 34.1 Å². The van der Waals surface area contributed by atoms with Crippen LogP contribution in [0.3, 0.4) is 0 Å². The van der Waals surface area contributed by atoms with Crippen LogP contribution < -0.4 is 0 Å². The normalized spacial score (nSPS) is 10.2. The van der Waals surface area contributed by atoms with Crippen molar-refractivity contribution < 1.29 is 9.59 Å². The summed E-state index contributed by atoms with van der Waals surface area (Å²) in [6.07, 6.45) is 11.2. The molecule has 0 aliphatic rings. The molecule has 0 N–H and O–H groups in total. The van der Waals surface area contributed by atoms with Crippen LogP contribution >= 0.6 is 0 Å². The highest BCUT2D eigenvalue weighted by atomic mass is 16.1. The number of rotatable bonds is 9. The minimum atomic E-state index is 0.632. The average Bonchev–Trinajstić information content (AvgIpc) is 2.68. The molecule has 0 spiro atoms. The first-order valence-corrected chi connectivity index (χ1v) is 9.45. The maximum Gasteiger partial charge on any atom is 0.142 e. The molecule has 2 aromatic carbocycles. The van der Waals surface area contributed by atoms with Crippen LogP contribution in [-0.4, -0.2) is 12.6 Å². The van der Waals surface area contributed by atoms with Crippen LogP contribution in [0.25, 0.3) is 6.08 Å². The smallest absolute Gasteiger partial charge is 0.142 e. The summed E-state index contributed by atoms with van der Waals surface area (Å²) >= 11 is 0. The molecular weight excluding hydrogens is 320 g/mol. The summed E-state index contributed by atoms with van der Waals surface area (Å²) in [5.41, 5.74) is 5.07. The Bertz CT molecular complexity index is 652. The zero-order chi connectivity index (χ0) is 19.0. The predicted octanol–water partition coefficient (Wildman–Crippen LogP) is 5.62. The van der Waals surface area contributed by atoms with Crippen LogP contribution in [0, 0.1) is 0 Å². The van der Waals surface area contributed by atoms with Gasteiger partial charge in [0.05, 0.1) is 0 Å². The summed E-state index contributed by atoms with van der Waals surface area (Å²) in [6, 6.07) is 16.8. The van der Waals surface area contributed by atoms with E-state index in [1.165, 1.54) is 35.6 Å². The summed E-state index contributed by atoms with van der Waals surface area (Å²) in [4.78, 5) is 20.2. The Morgan fingerprint density at radius 1 is 0.692 bits per heavy atom. The van der Waals surface area contributed by atoms with Gasteiger partial charge in [-0.05, 0) is 47.6 Å². The van der Waals surface area contributed by atoms with E-state index in [1.54, 1.807) is 0 Å². The molecule has 0 aliphatic carbocycles. The molecule has 2 aromatic rings. The van der Waals surface area contributed by atoms with Crippen molar-refractivity contribution in [2.75, 3.05) is 0 Å². The van der Waals surface area contributed by atoms with Crippen molar-refractivity contribution in [3.8, 4) is 0 Å². The summed E-state index contributed by atoms with van der Waals surface area (Å²) in [5, 5.41) is 0. The van der Waals surface area contributed by atoms with Crippen molar-refractivity contribution in [2.45, 2.75) is 52.4 Å². The highest BCUT2D eigenvalue weighted by Crippen LogP contribution is 2.08. The van der Waals surface area contributed by atoms with Crippen molar-refractivity contribution in [3.05, 3.63) is 76.9 Å². The Morgan fingerprint density at radius 3 is 1.58 bits per heavy atom. The third kappa shape index (κ3) is 9.12. The Kier molecular flexibility index (Phi) is 11.4. The number of hydrogen-bond acceptors (Lipinski definition) is 2. The van der Waals surface area contributed by atoms with Crippen LogP contribution in [-0.2, 0) is 28.9 Å². The summed E-state index contributed by atoms with van der Waals surface area (Å²) in [6.45, 7) is 4.35. The highest BCUT2D eigenvalue weighted by molar-refractivity contribution is 5.73. The van der Waals surface area contributed by atoms with Gasteiger partial charge in [-0.3, -0.25) is 4.79 Å². The monoisotopic (exact) mass is 350 g/mol. The quantitative estimate of drug-likeness (QED) is 0.434. The first kappa shape index (κ1) is 21.6. The molecule has 0 unspecified atom stereocenters. The minimum absolute atomic E-state index is 0.632. The first-order chi connectivity index (χ1) is 12.7. The van der Waals surface area contributed by atoms with E-state index < -0.39 is 0 Å². The molecule has 2 heteroatoms. The van der Waals surface area contributed by atoms with Crippen LogP contribution in [0.2, 0.25) is 0 Å². The van der Waals surface area contributed by atoms with Gasteiger partial charge in [-0.25, -0.2) is 0 Å². The van der Waals surface area contributed by atoms with E-state index in [0.717, 1.165) is 37.4 Å². The molecule has 0 amide bonds. The lowest BCUT2D eigenvalue weighted by Gasteiger charge is -2.00. The van der Waals surface area contributed by atoms with Gasteiger partial charge in [0.15, 0.2) is 0 Å². The summed E-state index contributed by atoms with van der Waals surface area (Å²) < 4.78 is 0. The zero-order valence-corrected chi connectivity index (χ0v) is 16.0. The molecule has 0 heterocycles. The van der Waals surface area contributed by atoms with Crippen molar-refractivity contribution in [1.29, 1.82) is 0 Å². The average molecular weight is 351 g/mol. The third-order valence-corrected chi connectivity index (χ3v) is 4.00. The van der Waals surface area contributed by atoms with E-state index in [1.807, 2.05) is 18.2 Å². The van der Waals surface area contributed by atoms with Gasteiger partial charge in [-0.1, -0.05) is 81.3 Å². The van der Waals surface area contributed by atoms with Gasteiger partial charge >= 0.3 is 0 Å². The van der Waals surface area contributed by atoms with Gasteiger partial charge in [0.25, 0.3) is 0 Å². The molecule has 2 nitrogen and oxygen atoms in total. The first-order valence-electron chi connectivity index (χ1n) is 9.45. The van der Waals surface area contributed by atoms with E-state index in [2.05, 4.69) is 50.2 Å². The molecule has 0 saturated heterocycles. The van der Waals surface area contributed by atoms with Crippen molar-refractivity contribution >= 4 is 18.6 Å². The molecule has 0 aromatic heterocycles. The fraction of sp³-hybridized carbons (Fsp3) is 0.333. The van der Waals surface area contributed by atoms with E-state index in [4.69, 9.17) is 0 Å². The maximum absolute atomic E-state index is 10.1. The van der Waals surface area contributed by atoms with Gasteiger partial charge in [0, 0.05) is 6.42 Å². The molecule has 26 heavy (non-hydrogen) atoms. The van der Waals surface area contributed by atoms with Crippen molar-refractivity contribution in [2.24, 2.45) is 0 Å². The van der Waals surface area contributed by atoms with Gasteiger partial charge in [-0.15, -0.1) is 0 Å². The molecule has 0 bridgehead atoms. The number of carbonyl (C=O) groups excluding carboxylic acids is 2. The van der Waals surface area contributed by atoms with E-state index in [-0.39, 0.29) is 0 Å². The number of allylic oxidation sites excluding steroid dienone is 1. The lowest BCUT2D eigenvalue weighted by molar-refractivity contribution is -0.107. The molecular formula is C24H30O2. The number of benzene rings is 2. The summed E-state index contributed by atoms with van der Waals surface area (Å²) in [7, 11) is 0. The maximum atomic E-state index is 10.1.